The first kappa shape index (κ1) is 17.3. The SMILES string of the molecule is COc1cc(N2C(=O)c3ccc(C(=O)O)cc3C2=O)cc(OC)c1OC. The quantitative estimate of drug-likeness (QED) is 0.819. The van der Waals surface area contributed by atoms with Crippen molar-refractivity contribution in [3.05, 3.63) is 47.0 Å². The molecule has 134 valence electrons. The number of hydrogen-bond donors (Lipinski definition) is 1. The number of methoxy groups -OCH3 is 3. The van der Waals surface area contributed by atoms with Gasteiger partial charge in [0.25, 0.3) is 11.8 Å². The first-order valence-corrected chi connectivity index (χ1v) is 7.49. The van der Waals surface area contributed by atoms with Crippen LogP contribution >= 0.6 is 0 Å². The monoisotopic (exact) mass is 357 g/mol. The number of hydrogen-bond acceptors (Lipinski definition) is 6. The first-order valence-electron chi connectivity index (χ1n) is 7.49. The van der Waals surface area contributed by atoms with E-state index in [0.29, 0.717) is 5.75 Å². The lowest BCUT2D eigenvalue weighted by atomic mass is 10.1. The molecule has 3 rings (SSSR count). The van der Waals surface area contributed by atoms with E-state index in [-0.39, 0.29) is 33.9 Å². The highest BCUT2D eigenvalue weighted by atomic mass is 16.5. The van der Waals surface area contributed by atoms with Crippen LogP contribution in [0.5, 0.6) is 17.2 Å². The number of carbonyl (C=O) groups is 3. The molecule has 0 spiro atoms. The Labute approximate surface area is 148 Å². The van der Waals surface area contributed by atoms with Crippen LogP contribution in [0.2, 0.25) is 0 Å². The normalized spacial score (nSPS) is 12.8. The number of anilines is 1. The lowest BCUT2D eigenvalue weighted by Crippen LogP contribution is -2.29. The van der Waals surface area contributed by atoms with Crippen molar-refractivity contribution in [2.75, 3.05) is 26.2 Å². The Morgan fingerprint density at radius 3 is 1.96 bits per heavy atom. The van der Waals surface area contributed by atoms with Crippen molar-refractivity contribution in [2.45, 2.75) is 0 Å². The number of ether oxygens (including phenoxy) is 3. The Morgan fingerprint density at radius 2 is 1.46 bits per heavy atom. The van der Waals surface area contributed by atoms with Gasteiger partial charge in [-0.2, -0.15) is 0 Å². The number of carbonyl (C=O) groups excluding carboxylic acids is 2. The third-order valence-electron chi connectivity index (χ3n) is 4.04. The Kier molecular flexibility index (Phi) is 4.25. The van der Waals surface area contributed by atoms with Crippen LogP contribution in [0.1, 0.15) is 31.1 Å². The van der Waals surface area contributed by atoms with Gasteiger partial charge in [-0.15, -0.1) is 0 Å². The van der Waals surface area contributed by atoms with E-state index in [4.69, 9.17) is 19.3 Å². The summed E-state index contributed by atoms with van der Waals surface area (Å²) in [6, 6.07) is 6.75. The van der Waals surface area contributed by atoms with Crippen LogP contribution < -0.4 is 19.1 Å². The summed E-state index contributed by atoms with van der Waals surface area (Å²) in [5.74, 6) is -1.48. The molecule has 0 bridgehead atoms. The lowest BCUT2D eigenvalue weighted by Gasteiger charge is -2.18. The number of nitrogens with zero attached hydrogens (tertiary/aromatic N) is 1. The van der Waals surface area contributed by atoms with Gasteiger partial charge in [-0.05, 0) is 18.2 Å². The standard InChI is InChI=1S/C18H15NO7/c1-24-13-7-10(8-14(25-2)15(13)26-3)19-16(20)11-5-4-9(18(22)23)6-12(11)17(19)21/h4-8H,1-3H3,(H,22,23). The van der Waals surface area contributed by atoms with E-state index in [2.05, 4.69) is 0 Å². The summed E-state index contributed by atoms with van der Waals surface area (Å²) in [6.07, 6.45) is 0. The van der Waals surface area contributed by atoms with Crippen LogP contribution in [-0.2, 0) is 0 Å². The summed E-state index contributed by atoms with van der Waals surface area (Å²) < 4.78 is 15.7. The first-order chi connectivity index (χ1) is 12.4. The average molecular weight is 357 g/mol. The van der Waals surface area contributed by atoms with E-state index in [9.17, 15) is 14.4 Å². The van der Waals surface area contributed by atoms with Gasteiger partial charge in [-0.3, -0.25) is 9.59 Å². The summed E-state index contributed by atoms with van der Waals surface area (Å²) in [5.41, 5.74) is 0.316. The molecular weight excluding hydrogens is 342 g/mol. The molecule has 0 unspecified atom stereocenters. The van der Waals surface area contributed by atoms with Crippen molar-refractivity contribution in [2.24, 2.45) is 0 Å². The molecule has 2 aromatic carbocycles. The number of imide groups is 1. The topological polar surface area (TPSA) is 102 Å². The number of carboxylic acids is 1. The fourth-order valence-electron chi connectivity index (χ4n) is 2.80. The maximum Gasteiger partial charge on any atom is 0.335 e. The lowest BCUT2D eigenvalue weighted by molar-refractivity contribution is 0.0696. The van der Waals surface area contributed by atoms with Gasteiger partial charge in [0, 0.05) is 12.1 Å². The van der Waals surface area contributed by atoms with Crippen LogP contribution in [0.25, 0.3) is 0 Å². The Morgan fingerprint density at radius 1 is 0.885 bits per heavy atom. The molecule has 0 aliphatic carbocycles. The molecule has 1 heterocycles. The van der Waals surface area contributed by atoms with E-state index >= 15 is 0 Å². The minimum Gasteiger partial charge on any atom is -0.493 e. The molecule has 0 saturated carbocycles. The molecule has 0 atom stereocenters. The molecule has 1 N–H and O–H groups in total. The summed E-state index contributed by atoms with van der Waals surface area (Å²) >= 11 is 0. The molecule has 1 aliphatic rings. The van der Waals surface area contributed by atoms with Crippen molar-refractivity contribution in [3.8, 4) is 17.2 Å². The molecule has 2 aromatic rings. The molecule has 8 heteroatoms. The van der Waals surface area contributed by atoms with Crippen molar-refractivity contribution < 1.29 is 33.7 Å². The summed E-state index contributed by atoms with van der Waals surface area (Å²) in [5, 5.41) is 9.09. The fraction of sp³-hybridized carbons (Fsp3) is 0.167. The molecular formula is C18H15NO7. The van der Waals surface area contributed by atoms with E-state index in [1.54, 1.807) is 0 Å². The maximum atomic E-state index is 12.7. The zero-order chi connectivity index (χ0) is 19.0. The van der Waals surface area contributed by atoms with Gasteiger partial charge in [0.15, 0.2) is 11.5 Å². The molecule has 26 heavy (non-hydrogen) atoms. The van der Waals surface area contributed by atoms with Crippen molar-refractivity contribution in [1.29, 1.82) is 0 Å². The number of fused-ring (bicyclic) bond motifs is 1. The molecule has 0 saturated heterocycles. The third kappa shape index (κ3) is 2.52. The van der Waals surface area contributed by atoms with E-state index in [1.165, 1.54) is 51.7 Å². The van der Waals surface area contributed by atoms with Gasteiger partial charge >= 0.3 is 5.97 Å². The highest BCUT2D eigenvalue weighted by molar-refractivity contribution is 6.34. The van der Waals surface area contributed by atoms with Gasteiger partial charge in [0.1, 0.15) is 0 Å². The second-order valence-electron chi connectivity index (χ2n) is 5.39. The van der Waals surface area contributed by atoms with Crippen molar-refractivity contribution >= 4 is 23.5 Å². The van der Waals surface area contributed by atoms with Gasteiger partial charge in [-0.25, -0.2) is 9.69 Å². The number of carboxylic acid groups (broad SMARTS) is 1. The largest absolute Gasteiger partial charge is 0.493 e. The zero-order valence-electron chi connectivity index (χ0n) is 14.2. The Hall–Kier alpha value is -3.55. The molecule has 2 amide bonds. The summed E-state index contributed by atoms with van der Waals surface area (Å²) in [7, 11) is 4.28. The second-order valence-corrected chi connectivity index (χ2v) is 5.39. The fourth-order valence-corrected chi connectivity index (χ4v) is 2.80. The average Bonchev–Trinajstić information content (AvgIpc) is 2.90. The highest BCUT2D eigenvalue weighted by Gasteiger charge is 2.38. The number of amides is 2. The molecule has 1 aliphatic heterocycles. The van der Waals surface area contributed by atoms with Crippen molar-refractivity contribution in [1.82, 2.24) is 0 Å². The van der Waals surface area contributed by atoms with Gasteiger partial charge in [-0.1, -0.05) is 0 Å². The van der Waals surface area contributed by atoms with Crippen LogP contribution in [0.4, 0.5) is 5.69 Å². The molecule has 0 radical (unpaired) electrons. The van der Waals surface area contributed by atoms with Gasteiger partial charge in [0.05, 0.1) is 43.7 Å². The highest BCUT2D eigenvalue weighted by Crippen LogP contribution is 2.42. The Balaban J connectivity index is 2.12. The van der Waals surface area contributed by atoms with E-state index < -0.39 is 17.8 Å². The molecule has 8 nitrogen and oxygen atoms in total. The van der Waals surface area contributed by atoms with E-state index in [0.717, 1.165) is 4.90 Å². The minimum atomic E-state index is -1.18. The molecule has 0 aromatic heterocycles. The predicted octanol–water partition coefficient (Wildman–Crippen LogP) is 2.21. The summed E-state index contributed by atoms with van der Waals surface area (Å²) in [6.45, 7) is 0. The smallest absolute Gasteiger partial charge is 0.335 e. The number of rotatable bonds is 5. The maximum absolute atomic E-state index is 12.7. The van der Waals surface area contributed by atoms with Crippen LogP contribution in [0.15, 0.2) is 30.3 Å². The molecule has 0 fully saturated rings. The van der Waals surface area contributed by atoms with Crippen LogP contribution in [0.3, 0.4) is 0 Å². The van der Waals surface area contributed by atoms with Crippen LogP contribution in [-0.4, -0.2) is 44.2 Å². The summed E-state index contributed by atoms with van der Waals surface area (Å²) in [4.78, 5) is 37.5. The minimum absolute atomic E-state index is 0.0312. The van der Waals surface area contributed by atoms with Gasteiger partial charge < -0.3 is 19.3 Å². The number of aromatic carboxylic acids is 1. The second kappa shape index (κ2) is 6.40. The zero-order valence-corrected chi connectivity index (χ0v) is 14.2. The van der Waals surface area contributed by atoms with Crippen LogP contribution in [0, 0.1) is 0 Å². The van der Waals surface area contributed by atoms with E-state index in [1.807, 2.05) is 0 Å². The van der Waals surface area contributed by atoms with Gasteiger partial charge in [0.2, 0.25) is 5.75 Å². The third-order valence-corrected chi connectivity index (χ3v) is 4.04. The predicted molar refractivity (Wildman–Crippen MR) is 90.6 cm³/mol. The number of benzene rings is 2. The van der Waals surface area contributed by atoms with Crippen molar-refractivity contribution in [3.63, 3.8) is 0 Å². The Bertz CT molecular complexity index is 910.